The summed E-state index contributed by atoms with van der Waals surface area (Å²) in [6.07, 6.45) is -0.892. The molecule has 318 valence electrons. The molecule has 0 bridgehead atoms. The molecule has 1 saturated heterocycles. The Morgan fingerprint density at radius 3 is 2.48 bits per heavy atom. The van der Waals surface area contributed by atoms with Crippen molar-refractivity contribution in [2.45, 2.75) is 113 Å². The summed E-state index contributed by atoms with van der Waals surface area (Å²) in [4.78, 5) is 61.7. The number of fused-ring (bicyclic) bond motifs is 3. The molecule has 3 N–H and O–H groups in total. The zero-order chi connectivity index (χ0) is 42.4. The van der Waals surface area contributed by atoms with E-state index in [2.05, 4.69) is 15.6 Å². The van der Waals surface area contributed by atoms with Crippen LogP contribution >= 0.6 is 0 Å². The third-order valence-electron chi connectivity index (χ3n) is 11.8. The van der Waals surface area contributed by atoms with Gasteiger partial charge in [-0.05, 0) is 82.4 Å². The number of nitrogens with one attached hydrogen (secondary N) is 3. The van der Waals surface area contributed by atoms with Gasteiger partial charge in [0, 0.05) is 30.0 Å². The molecular formula is C39H49F4N5O9S. The van der Waals surface area contributed by atoms with E-state index in [1.165, 1.54) is 13.3 Å². The maximum Gasteiger partial charge on any atom is 0.427 e. The Morgan fingerprint density at radius 1 is 1.10 bits per heavy atom. The minimum atomic E-state index is -4.93. The van der Waals surface area contributed by atoms with Crippen molar-refractivity contribution in [1.29, 1.82) is 0 Å². The number of hydrogen-bond donors (Lipinski definition) is 3. The predicted octanol–water partition coefficient (Wildman–Crippen LogP) is 4.86. The van der Waals surface area contributed by atoms with Gasteiger partial charge in [0.2, 0.25) is 27.4 Å². The zero-order valence-electron chi connectivity index (χ0n) is 32.9. The number of hydrogen-bond acceptors (Lipinski definition) is 10. The van der Waals surface area contributed by atoms with Crippen molar-refractivity contribution in [2.75, 3.05) is 20.3 Å². The van der Waals surface area contributed by atoms with Crippen LogP contribution in [0.3, 0.4) is 0 Å². The number of carbonyl (C=O) groups is 4. The summed E-state index contributed by atoms with van der Waals surface area (Å²) >= 11 is 0. The van der Waals surface area contributed by atoms with E-state index >= 15 is 0 Å². The van der Waals surface area contributed by atoms with E-state index in [1.54, 1.807) is 37.3 Å². The minimum absolute atomic E-state index is 0.0177. The number of pyridine rings is 1. The summed E-state index contributed by atoms with van der Waals surface area (Å²) in [5.41, 5.74) is -4.13. The number of alkyl carbamates (subject to hydrolysis) is 1. The van der Waals surface area contributed by atoms with Gasteiger partial charge in [0.25, 0.3) is 5.91 Å². The van der Waals surface area contributed by atoms with Gasteiger partial charge in [-0.25, -0.2) is 17.6 Å². The molecule has 1 aromatic carbocycles. The maximum atomic E-state index is 14.7. The SMILES string of the molecule is COc1ccc2c(O[C@@H]3C[C@H]4C(=O)N[C@]5(C(=O)NS(=O)(=O)C6(CF)CC6)C[C@H]5/C=C\CC[C@@H](C)C[C@@H](C)[C@H](NC(=O)OC(C)(C)C(F)(F)F)C(=O)N4C3)ccnc2c1. The number of benzene rings is 1. The minimum Gasteiger partial charge on any atom is -0.497 e. The molecule has 6 rings (SSSR count). The number of aromatic nitrogens is 1. The molecule has 4 amide bonds. The fourth-order valence-corrected chi connectivity index (χ4v) is 9.13. The Balaban J connectivity index is 1.35. The van der Waals surface area contributed by atoms with E-state index in [9.17, 15) is 45.2 Å². The Labute approximate surface area is 333 Å². The maximum absolute atomic E-state index is 14.7. The van der Waals surface area contributed by atoms with Crippen molar-refractivity contribution in [1.82, 2.24) is 25.2 Å². The molecule has 1 aromatic heterocycles. The second kappa shape index (κ2) is 15.8. The van der Waals surface area contributed by atoms with Crippen LogP contribution < -0.4 is 24.8 Å². The van der Waals surface area contributed by atoms with Crippen molar-refractivity contribution in [3.05, 3.63) is 42.6 Å². The Kier molecular flexibility index (Phi) is 11.7. The third kappa shape index (κ3) is 8.54. The van der Waals surface area contributed by atoms with Crippen LogP contribution in [0.2, 0.25) is 0 Å². The van der Waals surface area contributed by atoms with Crippen LogP contribution in [0.4, 0.5) is 22.4 Å². The lowest BCUT2D eigenvalue weighted by Crippen LogP contribution is -2.60. The van der Waals surface area contributed by atoms with Crippen molar-refractivity contribution in [3.63, 3.8) is 0 Å². The van der Waals surface area contributed by atoms with Gasteiger partial charge >= 0.3 is 12.3 Å². The van der Waals surface area contributed by atoms with E-state index in [0.29, 0.717) is 55.5 Å². The molecule has 4 aliphatic rings. The molecule has 2 aliphatic heterocycles. The molecule has 0 spiro atoms. The lowest BCUT2D eigenvalue weighted by atomic mass is 9.88. The van der Waals surface area contributed by atoms with Gasteiger partial charge in [-0.3, -0.25) is 24.1 Å². The van der Waals surface area contributed by atoms with Gasteiger partial charge in [-0.15, -0.1) is 0 Å². The monoisotopic (exact) mass is 839 g/mol. The third-order valence-corrected chi connectivity index (χ3v) is 13.9. The largest absolute Gasteiger partial charge is 0.497 e. The van der Waals surface area contributed by atoms with E-state index in [4.69, 9.17) is 14.2 Å². The summed E-state index contributed by atoms with van der Waals surface area (Å²) in [5.74, 6) is -3.15. The number of ether oxygens (including phenoxy) is 3. The van der Waals surface area contributed by atoms with Gasteiger partial charge < -0.3 is 29.7 Å². The summed E-state index contributed by atoms with van der Waals surface area (Å²) < 4.78 is 98.1. The first-order valence-electron chi connectivity index (χ1n) is 19.2. The van der Waals surface area contributed by atoms with Crippen LogP contribution in [0.5, 0.6) is 11.5 Å². The number of amides is 4. The van der Waals surface area contributed by atoms with Gasteiger partial charge in [0.1, 0.15) is 46.6 Å². The molecule has 58 heavy (non-hydrogen) atoms. The first-order valence-corrected chi connectivity index (χ1v) is 20.7. The number of allylic oxidation sites excluding steroid dienone is 1. The van der Waals surface area contributed by atoms with E-state index in [1.807, 2.05) is 17.7 Å². The molecule has 3 fully saturated rings. The van der Waals surface area contributed by atoms with Crippen molar-refractivity contribution >= 4 is 44.7 Å². The molecule has 0 unspecified atom stereocenters. The van der Waals surface area contributed by atoms with Gasteiger partial charge in [-0.2, -0.15) is 13.2 Å². The predicted molar refractivity (Wildman–Crippen MR) is 202 cm³/mol. The van der Waals surface area contributed by atoms with Crippen LogP contribution in [0.1, 0.15) is 72.6 Å². The summed E-state index contributed by atoms with van der Waals surface area (Å²) in [5, 5.41) is 5.67. The van der Waals surface area contributed by atoms with Gasteiger partial charge in [0.05, 0.1) is 19.2 Å². The molecule has 0 radical (unpaired) electrons. The summed E-state index contributed by atoms with van der Waals surface area (Å²) in [7, 11) is -2.96. The molecule has 2 aliphatic carbocycles. The smallest absolute Gasteiger partial charge is 0.427 e. The molecule has 2 aromatic rings. The lowest BCUT2D eigenvalue weighted by molar-refractivity contribution is -0.244. The van der Waals surface area contributed by atoms with Gasteiger partial charge in [0.15, 0.2) is 0 Å². The number of carbonyl (C=O) groups excluding carboxylic acids is 4. The van der Waals surface area contributed by atoms with Crippen LogP contribution in [-0.4, -0.2) is 103 Å². The molecule has 2 saturated carbocycles. The first-order chi connectivity index (χ1) is 27.2. The van der Waals surface area contributed by atoms with Crippen molar-refractivity contribution in [2.24, 2.45) is 17.8 Å². The molecule has 7 atom stereocenters. The second-order valence-corrected chi connectivity index (χ2v) is 18.6. The number of sulfonamides is 1. The summed E-state index contributed by atoms with van der Waals surface area (Å²) in [6.45, 7) is 3.52. The van der Waals surface area contributed by atoms with Crippen LogP contribution in [0.25, 0.3) is 10.9 Å². The number of alkyl halides is 4. The van der Waals surface area contributed by atoms with Crippen molar-refractivity contribution in [3.8, 4) is 11.5 Å². The average molecular weight is 840 g/mol. The highest BCUT2D eigenvalue weighted by molar-refractivity contribution is 7.91. The molecule has 3 heterocycles. The number of halogens is 4. The fraction of sp³-hybridized carbons (Fsp3) is 0.615. The highest BCUT2D eigenvalue weighted by atomic mass is 32.2. The Hall–Kier alpha value is -4.68. The topological polar surface area (TPSA) is 182 Å². The first kappa shape index (κ1) is 42.9. The normalized spacial score (nSPS) is 29.4. The zero-order valence-corrected chi connectivity index (χ0v) is 33.7. The lowest BCUT2D eigenvalue weighted by Gasteiger charge is -2.34. The van der Waals surface area contributed by atoms with E-state index < -0.39 is 92.6 Å². The van der Waals surface area contributed by atoms with E-state index in [-0.39, 0.29) is 38.1 Å². The van der Waals surface area contributed by atoms with Crippen molar-refractivity contribution < 1.29 is 59.4 Å². The molecule has 14 nitrogen and oxygen atoms in total. The fourth-order valence-electron chi connectivity index (χ4n) is 7.71. The van der Waals surface area contributed by atoms with E-state index in [0.717, 1.165) is 4.90 Å². The quantitative estimate of drug-likeness (QED) is 0.233. The Morgan fingerprint density at radius 2 is 1.83 bits per heavy atom. The van der Waals surface area contributed by atoms with Crippen LogP contribution in [-0.2, 0) is 29.1 Å². The Bertz CT molecular complexity index is 2080. The number of nitrogens with zero attached hydrogens (tertiary/aromatic N) is 2. The summed E-state index contributed by atoms with van der Waals surface area (Å²) in [6, 6.07) is 3.90. The van der Waals surface area contributed by atoms with Crippen LogP contribution in [0.15, 0.2) is 42.6 Å². The van der Waals surface area contributed by atoms with Gasteiger partial charge in [-0.1, -0.05) is 26.0 Å². The molecule has 19 heteroatoms. The highest BCUT2D eigenvalue weighted by Crippen LogP contribution is 2.48. The number of rotatable bonds is 9. The molecular weight excluding hydrogens is 791 g/mol. The average Bonchev–Trinajstić information content (AvgIpc) is 4.05. The van der Waals surface area contributed by atoms with Crippen LogP contribution in [0, 0.1) is 17.8 Å². The second-order valence-electron chi connectivity index (χ2n) is 16.5. The standard InChI is InChI=1S/C39H49F4N5O9S/c1-22-8-6-7-9-24-19-38(24,34(51)47-58(53,54)37(21-40)13-14-37)46-32(49)29-18-26(56-30-12-15-44-28-17-25(55-5)10-11-27(28)30)20-48(29)33(50)31(23(2)16-22)45-35(52)57-36(3,4)39(41,42)43/h7,9-12,15,17,22-24,26,29,31H,6,8,13-14,16,18-21H2,1-5H3,(H,45,52)(H,46,49)(H,47,51)/b9-7-/t22-,23-,24-,26-,29+,31+,38-/m1/s1. The highest BCUT2D eigenvalue weighted by Gasteiger charge is 2.64. The number of methoxy groups -OCH3 is 1.